The largest absolute Gasteiger partial charge is 0.497 e. The van der Waals surface area contributed by atoms with E-state index in [1.54, 1.807) is 14.2 Å². The first-order valence-corrected chi connectivity index (χ1v) is 10.8. The highest BCUT2D eigenvalue weighted by Crippen LogP contribution is 2.65. The minimum absolute atomic E-state index is 0.0457. The van der Waals surface area contributed by atoms with Gasteiger partial charge in [-0.15, -0.1) is 0 Å². The summed E-state index contributed by atoms with van der Waals surface area (Å²) in [6, 6.07) is 4.35. The molecular weight excluding hydrogens is 336 g/mol. The highest BCUT2D eigenvalue weighted by atomic mass is 16.6. The van der Waals surface area contributed by atoms with Gasteiger partial charge in [-0.25, -0.2) is 0 Å². The van der Waals surface area contributed by atoms with Crippen molar-refractivity contribution in [3.8, 4) is 11.5 Å². The molecule has 1 aromatic carbocycles. The van der Waals surface area contributed by atoms with Crippen molar-refractivity contribution in [1.82, 2.24) is 0 Å². The molecular formula is C24H32O3. The molecule has 0 saturated heterocycles. The lowest BCUT2D eigenvalue weighted by Crippen LogP contribution is -2.55. The third kappa shape index (κ3) is 2.46. The molecule has 2 bridgehead atoms. The lowest BCUT2D eigenvalue weighted by molar-refractivity contribution is 0.00262. The molecule has 0 N–H and O–H groups in total. The van der Waals surface area contributed by atoms with Crippen molar-refractivity contribution in [2.45, 2.75) is 69.8 Å². The quantitative estimate of drug-likeness (QED) is 0.714. The van der Waals surface area contributed by atoms with Crippen LogP contribution in [0.25, 0.3) is 0 Å². The maximum absolute atomic E-state index is 6.49. The van der Waals surface area contributed by atoms with Crippen LogP contribution in [0.4, 0.5) is 0 Å². The van der Waals surface area contributed by atoms with Crippen LogP contribution in [0.2, 0.25) is 0 Å². The van der Waals surface area contributed by atoms with Gasteiger partial charge >= 0.3 is 0 Å². The van der Waals surface area contributed by atoms with Crippen LogP contribution in [0.1, 0.15) is 63.0 Å². The van der Waals surface area contributed by atoms with Crippen LogP contribution in [-0.4, -0.2) is 20.3 Å². The fraction of sp³-hybridized carbons (Fsp3) is 0.667. The molecule has 0 amide bonds. The van der Waals surface area contributed by atoms with Gasteiger partial charge < -0.3 is 14.2 Å². The fourth-order valence-electron chi connectivity index (χ4n) is 6.32. The number of benzene rings is 1. The summed E-state index contributed by atoms with van der Waals surface area (Å²) in [5.41, 5.74) is 3.05. The van der Waals surface area contributed by atoms with Gasteiger partial charge in [0.05, 0.1) is 14.2 Å². The predicted molar refractivity (Wildman–Crippen MR) is 106 cm³/mol. The van der Waals surface area contributed by atoms with Crippen molar-refractivity contribution in [3.05, 3.63) is 35.1 Å². The molecule has 6 rings (SSSR count). The van der Waals surface area contributed by atoms with Crippen LogP contribution in [0, 0.1) is 17.8 Å². The molecule has 2 fully saturated rings. The Kier molecular flexibility index (Phi) is 4.18. The van der Waals surface area contributed by atoms with Gasteiger partial charge in [-0.2, -0.15) is 0 Å². The van der Waals surface area contributed by atoms with E-state index in [1.807, 2.05) is 0 Å². The lowest BCUT2D eigenvalue weighted by atomic mass is 9.49. The van der Waals surface area contributed by atoms with E-state index in [-0.39, 0.29) is 11.5 Å². The SMILES string of the molecule is CCC1CC1.COC1=CCC2C3CCCC24c2c(ccc(OC)c2OC14)C3. The van der Waals surface area contributed by atoms with Gasteiger partial charge in [0.2, 0.25) is 0 Å². The maximum Gasteiger partial charge on any atom is 0.166 e. The Morgan fingerprint density at radius 1 is 1.15 bits per heavy atom. The number of hydrogen-bond donors (Lipinski definition) is 0. The first kappa shape index (κ1) is 17.5. The van der Waals surface area contributed by atoms with Crippen molar-refractivity contribution in [1.29, 1.82) is 0 Å². The van der Waals surface area contributed by atoms with Crippen LogP contribution >= 0.6 is 0 Å². The minimum Gasteiger partial charge on any atom is -0.497 e. The molecule has 4 unspecified atom stereocenters. The molecule has 1 heterocycles. The molecule has 27 heavy (non-hydrogen) atoms. The lowest BCUT2D eigenvalue weighted by Gasteiger charge is -2.53. The summed E-state index contributed by atoms with van der Waals surface area (Å²) in [7, 11) is 3.51. The molecule has 1 aliphatic heterocycles. The standard InChI is InChI=1S/C19H22O3.C5H10/c1-20-14-7-5-12-10-11-4-3-9-19-13(11)6-8-15(21-2)18(19)22-17(14)16(12)19;1-2-5-3-4-5/h5,7-8,11,13,18H,3-4,6,9-10H2,1-2H3;5H,2-4H2,1H3. The van der Waals surface area contributed by atoms with Crippen LogP contribution in [0.5, 0.6) is 11.5 Å². The van der Waals surface area contributed by atoms with E-state index < -0.39 is 0 Å². The van der Waals surface area contributed by atoms with Gasteiger partial charge in [0.1, 0.15) is 5.76 Å². The summed E-state index contributed by atoms with van der Waals surface area (Å²) < 4.78 is 17.8. The molecule has 1 spiro atoms. The van der Waals surface area contributed by atoms with Gasteiger partial charge in [-0.3, -0.25) is 0 Å². The monoisotopic (exact) mass is 368 g/mol. The molecule has 3 nitrogen and oxygen atoms in total. The maximum atomic E-state index is 6.49. The Bertz CT molecular complexity index is 763. The average Bonchev–Trinajstić information content (AvgIpc) is 3.47. The second-order valence-electron chi connectivity index (χ2n) is 9.03. The predicted octanol–water partition coefficient (Wildman–Crippen LogP) is 5.41. The zero-order valence-electron chi connectivity index (χ0n) is 16.9. The van der Waals surface area contributed by atoms with Crippen LogP contribution < -0.4 is 9.47 Å². The number of rotatable bonds is 3. The Morgan fingerprint density at radius 2 is 2.00 bits per heavy atom. The van der Waals surface area contributed by atoms with Crippen LogP contribution in [0.15, 0.2) is 24.0 Å². The number of methoxy groups -OCH3 is 2. The Balaban J connectivity index is 0.000000280. The normalized spacial score (nSPS) is 34.5. The second kappa shape index (κ2) is 6.46. The van der Waals surface area contributed by atoms with Crippen molar-refractivity contribution in [2.24, 2.45) is 17.8 Å². The van der Waals surface area contributed by atoms with E-state index in [4.69, 9.17) is 14.2 Å². The van der Waals surface area contributed by atoms with Crippen LogP contribution in [0.3, 0.4) is 0 Å². The van der Waals surface area contributed by atoms with E-state index in [1.165, 1.54) is 56.1 Å². The summed E-state index contributed by atoms with van der Waals surface area (Å²) >= 11 is 0. The number of ether oxygens (including phenoxy) is 3. The van der Waals surface area contributed by atoms with E-state index in [0.717, 1.165) is 35.5 Å². The molecule has 4 atom stereocenters. The van der Waals surface area contributed by atoms with Gasteiger partial charge in [0, 0.05) is 11.0 Å². The molecule has 0 aromatic heterocycles. The topological polar surface area (TPSA) is 27.7 Å². The summed E-state index contributed by atoms with van der Waals surface area (Å²) in [5, 5.41) is 0. The third-order valence-corrected chi connectivity index (χ3v) is 7.82. The molecule has 1 aromatic rings. The van der Waals surface area contributed by atoms with E-state index in [2.05, 4.69) is 25.1 Å². The van der Waals surface area contributed by atoms with Crippen molar-refractivity contribution in [3.63, 3.8) is 0 Å². The van der Waals surface area contributed by atoms with E-state index in [0.29, 0.717) is 5.92 Å². The van der Waals surface area contributed by atoms with E-state index >= 15 is 0 Å². The molecule has 3 heteroatoms. The summed E-state index contributed by atoms with van der Waals surface area (Å²) in [5.74, 6) is 5.51. The van der Waals surface area contributed by atoms with Crippen molar-refractivity contribution >= 4 is 0 Å². The average molecular weight is 369 g/mol. The van der Waals surface area contributed by atoms with Crippen molar-refractivity contribution < 1.29 is 14.2 Å². The molecule has 5 aliphatic rings. The number of allylic oxidation sites excluding steroid dienone is 1. The molecule has 0 radical (unpaired) electrons. The molecule has 2 saturated carbocycles. The third-order valence-electron chi connectivity index (χ3n) is 7.82. The van der Waals surface area contributed by atoms with Gasteiger partial charge in [0.25, 0.3) is 0 Å². The molecule has 146 valence electrons. The number of hydrogen-bond acceptors (Lipinski definition) is 3. The highest BCUT2D eigenvalue weighted by molar-refractivity contribution is 5.61. The van der Waals surface area contributed by atoms with Gasteiger partial charge in [0.15, 0.2) is 17.6 Å². The summed E-state index contributed by atoms with van der Waals surface area (Å²) in [6.45, 7) is 2.26. The molecule has 4 aliphatic carbocycles. The van der Waals surface area contributed by atoms with E-state index in [9.17, 15) is 0 Å². The summed E-state index contributed by atoms with van der Waals surface area (Å²) in [6.07, 6.45) is 13.0. The first-order chi connectivity index (χ1) is 13.2. The second-order valence-corrected chi connectivity index (χ2v) is 9.03. The Hall–Kier alpha value is -1.64. The Morgan fingerprint density at radius 3 is 2.67 bits per heavy atom. The smallest absolute Gasteiger partial charge is 0.166 e. The summed E-state index contributed by atoms with van der Waals surface area (Å²) in [4.78, 5) is 0. The minimum atomic E-state index is 0.0457. The van der Waals surface area contributed by atoms with Gasteiger partial charge in [-0.05, 0) is 61.1 Å². The first-order valence-electron chi connectivity index (χ1n) is 10.8. The Labute approximate surface area is 163 Å². The van der Waals surface area contributed by atoms with Gasteiger partial charge in [-0.1, -0.05) is 38.7 Å². The highest BCUT2D eigenvalue weighted by Gasteiger charge is 2.63. The van der Waals surface area contributed by atoms with Crippen molar-refractivity contribution in [2.75, 3.05) is 14.2 Å². The van der Waals surface area contributed by atoms with Crippen LogP contribution in [-0.2, 0) is 16.6 Å². The zero-order valence-corrected chi connectivity index (χ0v) is 16.9. The fourth-order valence-corrected chi connectivity index (χ4v) is 6.32. The zero-order chi connectivity index (χ0) is 18.6.